The molecule has 1 heterocycles. The number of rotatable bonds is 1. The van der Waals surface area contributed by atoms with Gasteiger partial charge < -0.3 is 15.3 Å². The minimum atomic E-state index is -0.242. The highest BCUT2D eigenvalue weighted by molar-refractivity contribution is 9.11. The Morgan fingerprint density at radius 2 is 2.12 bits per heavy atom. The Bertz CT molecular complexity index is 421. The average molecular weight is 366 g/mol. The van der Waals surface area contributed by atoms with Gasteiger partial charge in [0, 0.05) is 22.0 Å². The number of aliphatic hydroxyl groups excluding tert-OH is 1. The molecule has 1 aromatic rings. The van der Waals surface area contributed by atoms with Gasteiger partial charge in [-0.15, -0.1) is 0 Å². The summed E-state index contributed by atoms with van der Waals surface area (Å²) in [5.74, 6) is 0. The molecule has 3 nitrogen and oxygen atoms in total. The Balaban J connectivity index is 2.01. The van der Waals surface area contributed by atoms with Gasteiger partial charge in [-0.25, -0.2) is 0 Å². The Morgan fingerprint density at radius 1 is 1.44 bits per heavy atom. The van der Waals surface area contributed by atoms with E-state index >= 15 is 0 Å². The molecule has 2 N–H and O–H groups in total. The van der Waals surface area contributed by atoms with Crippen molar-refractivity contribution in [2.75, 3.05) is 18.4 Å². The van der Waals surface area contributed by atoms with Crippen LogP contribution in [0, 0.1) is 0 Å². The highest BCUT2D eigenvalue weighted by Gasteiger charge is 2.26. The number of nitrogens with zero attached hydrogens (tertiary/aromatic N) is 1. The van der Waals surface area contributed by atoms with Gasteiger partial charge in [0.2, 0.25) is 0 Å². The van der Waals surface area contributed by atoms with Crippen molar-refractivity contribution in [3.8, 4) is 0 Å². The van der Waals surface area contributed by atoms with Crippen molar-refractivity contribution < 1.29 is 5.11 Å². The second kappa shape index (κ2) is 5.00. The third-order valence-electron chi connectivity index (χ3n) is 2.32. The van der Waals surface area contributed by atoms with Gasteiger partial charge in [0.1, 0.15) is 0 Å². The molecule has 0 radical (unpaired) electrons. The molecule has 86 valence electrons. The van der Waals surface area contributed by atoms with Crippen molar-refractivity contribution >= 4 is 54.9 Å². The number of anilines is 1. The maximum atomic E-state index is 9.18. The van der Waals surface area contributed by atoms with E-state index in [1.54, 1.807) is 0 Å². The highest BCUT2D eigenvalue weighted by Crippen LogP contribution is 2.26. The van der Waals surface area contributed by atoms with Gasteiger partial charge in [-0.2, -0.15) is 0 Å². The first-order valence-corrected chi connectivity index (χ1v) is 6.75. The van der Waals surface area contributed by atoms with Gasteiger partial charge in [-0.3, -0.25) is 0 Å². The predicted molar refractivity (Wildman–Crippen MR) is 75.6 cm³/mol. The summed E-state index contributed by atoms with van der Waals surface area (Å²) in [6, 6.07) is 5.84. The summed E-state index contributed by atoms with van der Waals surface area (Å²) in [6.07, 6.45) is -0.242. The summed E-state index contributed by atoms with van der Waals surface area (Å²) < 4.78 is 1.96. The molecule has 1 aliphatic heterocycles. The van der Waals surface area contributed by atoms with E-state index in [1.807, 2.05) is 23.1 Å². The standard InChI is InChI=1S/C10H10Br2N2OS/c11-6-1-2-9(8(12)3-6)13-10(16)14-4-7(15)5-14/h1-3,7,15H,4-5H2,(H,13,16). The maximum Gasteiger partial charge on any atom is 0.173 e. The SMILES string of the molecule is OC1CN(C(=S)Nc2ccc(Br)cc2Br)C1. The first kappa shape index (κ1) is 12.3. The molecule has 0 amide bonds. The molecule has 1 fully saturated rings. The van der Waals surface area contributed by atoms with Gasteiger partial charge >= 0.3 is 0 Å². The van der Waals surface area contributed by atoms with E-state index in [0.717, 1.165) is 14.6 Å². The zero-order valence-corrected chi connectivity index (χ0v) is 12.3. The van der Waals surface area contributed by atoms with Crippen LogP contribution in [-0.4, -0.2) is 34.3 Å². The molecule has 0 saturated carbocycles. The van der Waals surface area contributed by atoms with Crippen molar-refractivity contribution in [2.45, 2.75) is 6.10 Å². The molecule has 0 spiro atoms. The minimum Gasteiger partial charge on any atom is -0.389 e. The van der Waals surface area contributed by atoms with Crippen LogP contribution in [0.15, 0.2) is 27.1 Å². The third-order valence-corrected chi connectivity index (χ3v) is 3.83. The molecule has 2 rings (SSSR count). The molecule has 1 aromatic carbocycles. The molecule has 0 aromatic heterocycles. The number of thiocarbonyl (C=S) groups is 1. The summed E-state index contributed by atoms with van der Waals surface area (Å²) in [4.78, 5) is 1.93. The molecule has 0 bridgehead atoms. The number of likely N-dealkylation sites (tertiary alicyclic amines) is 1. The van der Waals surface area contributed by atoms with Crippen molar-refractivity contribution in [1.29, 1.82) is 0 Å². The fourth-order valence-electron chi connectivity index (χ4n) is 1.41. The van der Waals surface area contributed by atoms with Crippen LogP contribution in [-0.2, 0) is 0 Å². The quantitative estimate of drug-likeness (QED) is 0.750. The Morgan fingerprint density at radius 3 is 2.69 bits per heavy atom. The number of halogens is 2. The lowest BCUT2D eigenvalue weighted by molar-refractivity contribution is 0.0482. The average Bonchev–Trinajstić information content (AvgIpc) is 2.17. The lowest BCUT2D eigenvalue weighted by Gasteiger charge is -2.37. The van der Waals surface area contributed by atoms with Crippen LogP contribution in [0.5, 0.6) is 0 Å². The Hall–Kier alpha value is -0.170. The van der Waals surface area contributed by atoms with Gasteiger partial charge in [-0.1, -0.05) is 15.9 Å². The fourth-order valence-corrected chi connectivity index (χ4v) is 2.81. The Kier molecular flexibility index (Phi) is 3.84. The van der Waals surface area contributed by atoms with Crippen molar-refractivity contribution in [3.63, 3.8) is 0 Å². The first-order valence-electron chi connectivity index (χ1n) is 4.75. The summed E-state index contributed by atoms with van der Waals surface area (Å²) in [7, 11) is 0. The highest BCUT2D eigenvalue weighted by atomic mass is 79.9. The van der Waals surface area contributed by atoms with E-state index < -0.39 is 0 Å². The number of hydrogen-bond acceptors (Lipinski definition) is 2. The number of nitrogens with one attached hydrogen (secondary N) is 1. The molecule has 6 heteroatoms. The molecule has 0 atom stereocenters. The van der Waals surface area contributed by atoms with Crippen molar-refractivity contribution in [2.24, 2.45) is 0 Å². The monoisotopic (exact) mass is 364 g/mol. The normalized spacial score (nSPS) is 15.8. The number of β-amino-alcohol motifs (C(OH)–C–C–N with tert-alkyl or cyclic N) is 1. The lowest BCUT2D eigenvalue weighted by atomic mass is 10.2. The van der Waals surface area contributed by atoms with Crippen LogP contribution in [0.4, 0.5) is 5.69 Å². The first-order chi connectivity index (χ1) is 7.56. The third kappa shape index (κ3) is 2.74. The van der Waals surface area contributed by atoms with E-state index in [-0.39, 0.29) is 6.10 Å². The van der Waals surface area contributed by atoms with Crippen LogP contribution < -0.4 is 5.32 Å². The molecule has 0 aliphatic carbocycles. The van der Waals surface area contributed by atoms with Crippen LogP contribution >= 0.6 is 44.1 Å². The van der Waals surface area contributed by atoms with Crippen molar-refractivity contribution in [3.05, 3.63) is 27.1 Å². The Labute approximate surface area is 116 Å². The van der Waals surface area contributed by atoms with E-state index in [9.17, 15) is 5.11 Å². The van der Waals surface area contributed by atoms with E-state index in [4.69, 9.17) is 12.2 Å². The summed E-state index contributed by atoms with van der Waals surface area (Å²) in [5, 5.41) is 13.0. The topological polar surface area (TPSA) is 35.5 Å². The molecule has 1 aliphatic rings. The van der Waals surface area contributed by atoms with Gasteiger partial charge in [0.15, 0.2) is 5.11 Å². The van der Waals surface area contributed by atoms with Crippen LogP contribution in [0.1, 0.15) is 0 Å². The van der Waals surface area contributed by atoms with E-state index in [1.165, 1.54) is 0 Å². The number of hydrogen-bond donors (Lipinski definition) is 2. The molecule has 16 heavy (non-hydrogen) atoms. The minimum absolute atomic E-state index is 0.242. The van der Waals surface area contributed by atoms with Crippen molar-refractivity contribution in [1.82, 2.24) is 4.90 Å². The van der Waals surface area contributed by atoms with Gasteiger partial charge in [0.25, 0.3) is 0 Å². The smallest absolute Gasteiger partial charge is 0.173 e. The predicted octanol–water partition coefficient (Wildman–Crippen LogP) is 2.58. The van der Waals surface area contributed by atoms with E-state index in [0.29, 0.717) is 18.2 Å². The zero-order chi connectivity index (χ0) is 11.7. The fraction of sp³-hybridized carbons (Fsp3) is 0.300. The lowest BCUT2D eigenvalue weighted by Crippen LogP contribution is -2.54. The van der Waals surface area contributed by atoms with Crippen LogP contribution in [0.3, 0.4) is 0 Å². The largest absolute Gasteiger partial charge is 0.389 e. The van der Waals surface area contributed by atoms with Crippen LogP contribution in [0.2, 0.25) is 0 Å². The molecule has 1 saturated heterocycles. The molecular formula is C10H10Br2N2OS. The number of benzene rings is 1. The van der Waals surface area contributed by atoms with Gasteiger partial charge in [-0.05, 0) is 46.3 Å². The summed E-state index contributed by atoms with van der Waals surface area (Å²) in [5.41, 5.74) is 0.926. The van der Waals surface area contributed by atoms with Gasteiger partial charge in [0.05, 0.1) is 11.8 Å². The summed E-state index contributed by atoms with van der Waals surface area (Å²) in [6.45, 7) is 1.22. The van der Waals surface area contributed by atoms with Crippen LogP contribution in [0.25, 0.3) is 0 Å². The number of aliphatic hydroxyl groups is 1. The second-order valence-electron chi connectivity index (χ2n) is 3.61. The molecule has 0 unspecified atom stereocenters. The maximum absolute atomic E-state index is 9.18. The zero-order valence-electron chi connectivity index (χ0n) is 8.28. The van der Waals surface area contributed by atoms with E-state index in [2.05, 4.69) is 37.2 Å². The summed E-state index contributed by atoms with van der Waals surface area (Å²) >= 11 is 12.1. The molecular weight excluding hydrogens is 356 g/mol. The second-order valence-corrected chi connectivity index (χ2v) is 5.77.